The molecule has 3 rings (SSSR count). The fourth-order valence-corrected chi connectivity index (χ4v) is 2.20. The molecule has 3 aromatic rings. The predicted octanol–water partition coefficient (Wildman–Crippen LogP) is 4.91. The van der Waals surface area contributed by atoms with Crippen molar-refractivity contribution >= 4 is 38.6 Å². The van der Waals surface area contributed by atoms with Crippen molar-refractivity contribution in [1.82, 2.24) is 4.98 Å². The van der Waals surface area contributed by atoms with Gasteiger partial charge in [-0.1, -0.05) is 33.6 Å². The van der Waals surface area contributed by atoms with E-state index in [9.17, 15) is 0 Å². The fraction of sp³-hybridized carbons (Fsp3) is 0. The Hall–Kier alpha value is -1.32. The number of oxazole rings is 1. The summed E-state index contributed by atoms with van der Waals surface area (Å²) in [4.78, 5) is 4.42. The molecular formula is C13H7BrClNO. The van der Waals surface area contributed by atoms with E-state index in [0.717, 1.165) is 15.6 Å². The molecule has 0 radical (unpaired) electrons. The van der Waals surface area contributed by atoms with Gasteiger partial charge in [-0.05, 0) is 30.3 Å². The molecule has 0 unspecified atom stereocenters. The Bertz CT molecular complexity index is 693. The number of fused-ring (bicyclic) bond motifs is 1. The van der Waals surface area contributed by atoms with Crippen LogP contribution in [0.25, 0.3) is 22.6 Å². The maximum atomic E-state index is 5.90. The zero-order valence-electron chi connectivity index (χ0n) is 8.65. The first-order valence-electron chi connectivity index (χ1n) is 5.04. The summed E-state index contributed by atoms with van der Waals surface area (Å²) in [6.45, 7) is 0. The molecule has 0 bridgehead atoms. The summed E-state index contributed by atoms with van der Waals surface area (Å²) >= 11 is 9.33. The molecule has 1 aromatic heterocycles. The third kappa shape index (κ3) is 2.08. The van der Waals surface area contributed by atoms with Gasteiger partial charge >= 0.3 is 0 Å². The summed E-state index contributed by atoms with van der Waals surface area (Å²) in [5.41, 5.74) is 2.45. The van der Waals surface area contributed by atoms with Gasteiger partial charge in [-0.25, -0.2) is 4.98 Å². The van der Waals surface area contributed by atoms with Crippen molar-refractivity contribution in [2.75, 3.05) is 0 Å². The van der Waals surface area contributed by atoms with Crippen LogP contribution in [0.5, 0.6) is 0 Å². The molecule has 0 aliphatic carbocycles. The Labute approximate surface area is 111 Å². The molecule has 1 heterocycles. The van der Waals surface area contributed by atoms with Gasteiger partial charge in [-0.2, -0.15) is 0 Å². The van der Waals surface area contributed by atoms with Crippen molar-refractivity contribution in [3.8, 4) is 11.5 Å². The lowest BCUT2D eigenvalue weighted by atomic mass is 10.2. The largest absolute Gasteiger partial charge is 0.436 e. The lowest BCUT2D eigenvalue weighted by molar-refractivity contribution is 0.620. The highest BCUT2D eigenvalue weighted by Gasteiger charge is 2.08. The molecule has 0 N–H and O–H groups in total. The van der Waals surface area contributed by atoms with Crippen LogP contribution in [0, 0.1) is 0 Å². The minimum absolute atomic E-state index is 0.601. The first-order valence-corrected chi connectivity index (χ1v) is 6.21. The Balaban J connectivity index is 2.18. The van der Waals surface area contributed by atoms with Gasteiger partial charge in [0.05, 0.1) is 0 Å². The van der Waals surface area contributed by atoms with E-state index in [1.165, 1.54) is 0 Å². The topological polar surface area (TPSA) is 26.0 Å². The SMILES string of the molecule is Clc1ccc2nc(-c3cccc(Br)c3)oc2c1. The van der Waals surface area contributed by atoms with E-state index in [-0.39, 0.29) is 0 Å². The van der Waals surface area contributed by atoms with Crippen LogP contribution in [0.1, 0.15) is 0 Å². The molecule has 0 saturated heterocycles. The molecule has 0 aliphatic heterocycles. The number of hydrogen-bond acceptors (Lipinski definition) is 2. The molecule has 17 heavy (non-hydrogen) atoms. The summed E-state index contributed by atoms with van der Waals surface area (Å²) in [6.07, 6.45) is 0. The highest BCUT2D eigenvalue weighted by Crippen LogP contribution is 2.27. The molecule has 0 fully saturated rings. The highest BCUT2D eigenvalue weighted by molar-refractivity contribution is 9.10. The lowest BCUT2D eigenvalue weighted by Crippen LogP contribution is -1.76. The van der Waals surface area contributed by atoms with Crippen molar-refractivity contribution in [3.63, 3.8) is 0 Å². The number of hydrogen-bond donors (Lipinski definition) is 0. The Kier molecular flexibility index (Phi) is 2.65. The second-order valence-electron chi connectivity index (χ2n) is 3.64. The number of benzene rings is 2. The lowest BCUT2D eigenvalue weighted by Gasteiger charge is -1.94. The van der Waals surface area contributed by atoms with Crippen molar-refractivity contribution in [2.24, 2.45) is 0 Å². The molecular weight excluding hydrogens is 302 g/mol. The third-order valence-corrected chi connectivity index (χ3v) is 3.15. The zero-order valence-corrected chi connectivity index (χ0v) is 11.0. The number of nitrogens with zero attached hydrogens (tertiary/aromatic N) is 1. The smallest absolute Gasteiger partial charge is 0.227 e. The molecule has 84 valence electrons. The van der Waals surface area contributed by atoms with Crippen LogP contribution in [-0.2, 0) is 0 Å². The number of halogens is 2. The maximum absolute atomic E-state index is 5.90. The summed E-state index contributed by atoms with van der Waals surface area (Å²) in [5.74, 6) is 0.601. The van der Waals surface area contributed by atoms with Crippen molar-refractivity contribution in [1.29, 1.82) is 0 Å². The van der Waals surface area contributed by atoms with E-state index in [2.05, 4.69) is 20.9 Å². The Morgan fingerprint density at radius 2 is 2.00 bits per heavy atom. The average molecular weight is 309 g/mol. The first-order chi connectivity index (χ1) is 8.22. The Morgan fingerprint density at radius 1 is 1.12 bits per heavy atom. The van der Waals surface area contributed by atoms with E-state index >= 15 is 0 Å². The van der Waals surface area contributed by atoms with Crippen LogP contribution in [0.15, 0.2) is 51.4 Å². The van der Waals surface area contributed by atoms with Gasteiger partial charge in [-0.15, -0.1) is 0 Å². The summed E-state index contributed by atoms with van der Waals surface area (Å²) < 4.78 is 6.67. The fourth-order valence-electron chi connectivity index (χ4n) is 1.64. The van der Waals surface area contributed by atoms with E-state index < -0.39 is 0 Å². The van der Waals surface area contributed by atoms with Crippen LogP contribution in [0.2, 0.25) is 5.02 Å². The normalized spacial score (nSPS) is 10.9. The summed E-state index contributed by atoms with van der Waals surface area (Å²) in [7, 11) is 0. The van der Waals surface area contributed by atoms with Crippen LogP contribution in [-0.4, -0.2) is 4.98 Å². The minimum atomic E-state index is 0.601. The van der Waals surface area contributed by atoms with Crippen LogP contribution >= 0.6 is 27.5 Å². The minimum Gasteiger partial charge on any atom is -0.436 e. The monoisotopic (exact) mass is 307 g/mol. The van der Waals surface area contributed by atoms with Crippen molar-refractivity contribution in [2.45, 2.75) is 0 Å². The van der Waals surface area contributed by atoms with Gasteiger partial charge in [0.1, 0.15) is 5.52 Å². The maximum Gasteiger partial charge on any atom is 0.227 e. The third-order valence-electron chi connectivity index (χ3n) is 2.42. The molecule has 2 aromatic carbocycles. The molecule has 0 amide bonds. The van der Waals surface area contributed by atoms with Crippen molar-refractivity contribution in [3.05, 3.63) is 52.0 Å². The standard InChI is InChI=1S/C13H7BrClNO/c14-9-3-1-2-8(6-9)13-16-11-5-4-10(15)7-12(11)17-13/h1-7H. The first kappa shape index (κ1) is 10.8. The van der Waals surface area contributed by atoms with Crippen LogP contribution in [0.4, 0.5) is 0 Å². The predicted molar refractivity (Wildman–Crippen MR) is 72.2 cm³/mol. The molecule has 0 spiro atoms. The van der Waals surface area contributed by atoms with E-state index in [1.807, 2.05) is 30.3 Å². The summed E-state index contributed by atoms with van der Waals surface area (Å²) in [5, 5.41) is 0.648. The molecule has 0 atom stereocenters. The second-order valence-corrected chi connectivity index (χ2v) is 4.99. The molecule has 2 nitrogen and oxygen atoms in total. The molecule has 0 aliphatic rings. The quantitative estimate of drug-likeness (QED) is 0.638. The number of rotatable bonds is 1. The second kappa shape index (κ2) is 4.17. The van der Waals surface area contributed by atoms with Gasteiger partial charge < -0.3 is 4.42 Å². The van der Waals surface area contributed by atoms with E-state index in [0.29, 0.717) is 16.5 Å². The van der Waals surface area contributed by atoms with Crippen molar-refractivity contribution < 1.29 is 4.42 Å². The number of aromatic nitrogens is 1. The van der Waals surface area contributed by atoms with Gasteiger partial charge in [0.15, 0.2) is 5.58 Å². The average Bonchev–Trinajstić information content (AvgIpc) is 2.72. The van der Waals surface area contributed by atoms with Gasteiger partial charge in [0.25, 0.3) is 0 Å². The van der Waals surface area contributed by atoms with Crippen LogP contribution < -0.4 is 0 Å². The van der Waals surface area contributed by atoms with E-state index in [4.69, 9.17) is 16.0 Å². The molecule has 4 heteroatoms. The van der Waals surface area contributed by atoms with Gasteiger partial charge in [-0.3, -0.25) is 0 Å². The van der Waals surface area contributed by atoms with Crippen LogP contribution in [0.3, 0.4) is 0 Å². The Morgan fingerprint density at radius 3 is 2.82 bits per heavy atom. The zero-order chi connectivity index (χ0) is 11.8. The summed E-state index contributed by atoms with van der Waals surface area (Å²) in [6, 6.07) is 13.2. The molecule has 0 saturated carbocycles. The highest BCUT2D eigenvalue weighted by atomic mass is 79.9. The van der Waals surface area contributed by atoms with E-state index in [1.54, 1.807) is 12.1 Å². The van der Waals surface area contributed by atoms with Gasteiger partial charge in [0.2, 0.25) is 5.89 Å². The van der Waals surface area contributed by atoms with Gasteiger partial charge in [0, 0.05) is 21.1 Å².